The number of anilines is 1. The summed E-state index contributed by atoms with van der Waals surface area (Å²) in [5, 5.41) is 0.621. The Balaban J connectivity index is 0.000000116. The maximum Gasteiger partial charge on any atom is 0.231 e. The number of Topliss-reactive ketones (excluding diaryl/α,β-unsaturated/α-hetero) is 5. The molecule has 5 unspecified atom stereocenters. The van der Waals surface area contributed by atoms with Gasteiger partial charge in [-0.15, -0.1) is 0 Å². The van der Waals surface area contributed by atoms with E-state index >= 15 is 0 Å². The number of unbranched alkanes of at least 4 members (excludes halogenated alkanes) is 1. The molecule has 654 valence electrons. The van der Waals surface area contributed by atoms with Gasteiger partial charge in [0, 0.05) is 163 Å². The molecule has 0 aromatic heterocycles. The van der Waals surface area contributed by atoms with Crippen molar-refractivity contribution < 1.29 is 99.4 Å². The van der Waals surface area contributed by atoms with E-state index in [9.17, 15) is 28.4 Å². The summed E-state index contributed by atoms with van der Waals surface area (Å²) in [5.74, 6) is 11.4. The number of nitrogens with zero attached hydrogens (tertiary/aromatic N) is 1. The van der Waals surface area contributed by atoms with Gasteiger partial charge >= 0.3 is 0 Å². The maximum atomic E-state index is 13.6. The fourth-order valence-corrected chi connectivity index (χ4v) is 18.6. The van der Waals surface area contributed by atoms with E-state index in [0.717, 1.165) is 175 Å². The van der Waals surface area contributed by atoms with Crippen LogP contribution in [0.5, 0.6) is 86.2 Å². The molecule has 21 nitrogen and oxygen atoms in total. The largest absolute Gasteiger partial charge is 0.494 e. The molecule has 0 fully saturated rings. The number of fused-ring (bicyclic) bond motifs is 10. The third-order valence-corrected chi connectivity index (χ3v) is 24.5. The van der Waals surface area contributed by atoms with Gasteiger partial charge in [-0.25, -0.2) is 4.39 Å². The number of benzene rings is 10. The molecule has 0 bridgehead atoms. The van der Waals surface area contributed by atoms with E-state index in [1.165, 1.54) is 12.1 Å². The Morgan fingerprint density at radius 3 is 0.968 bits per heavy atom. The lowest BCUT2D eigenvalue weighted by Crippen LogP contribution is -2.20. The topological polar surface area (TPSA) is 227 Å². The number of ether oxygens (including phenoxy) is 15. The summed E-state index contributed by atoms with van der Waals surface area (Å²) >= 11 is 9.60. The molecule has 5 heterocycles. The number of carbonyl (C=O) groups is 5. The quantitative estimate of drug-likeness (QED) is 0.0733. The van der Waals surface area contributed by atoms with Crippen LogP contribution in [-0.4, -0.2) is 110 Å². The zero-order valence-corrected chi connectivity index (χ0v) is 74.1. The van der Waals surface area contributed by atoms with Crippen LogP contribution >= 0.6 is 27.5 Å². The van der Waals surface area contributed by atoms with Gasteiger partial charge < -0.3 is 76.0 Å². The first-order valence-corrected chi connectivity index (χ1v) is 44.2. The van der Waals surface area contributed by atoms with E-state index in [1.54, 1.807) is 6.07 Å². The van der Waals surface area contributed by atoms with Crippen molar-refractivity contribution in [2.45, 2.75) is 148 Å². The summed E-state index contributed by atoms with van der Waals surface area (Å²) in [6.45, 7) is 15.7. The molecule has 10 aromatic carbocycles. The predicted molar refractivity (Wildman–Crippen MR) is 478 cm³/mol. The van der Waals surface area contributed by atoms with Crippen LogP contribution in [0.1, 0.15) is 205 Å². The number of ketones is 5. The number of hydrogen-bond acceptors (Lipinski definition) is 21. The molecular weight excluding hydrogens is 1690 g/mol. The second-order valence-electron chi connectivity index (χ2n) is 32.2. The normalized spacial score (nSPS) is 18.2. The summed E-state index contributed by atoms with van der Waals surface area (Å²) in [4.78, 5) is 63.9. The zero-order valence-electron chi connectivity index (χ0n) is 71.8. The molecule has 10 aromatic rings. The Hall–Kier alpha value is -12.2. The summed E-state index contributed by atoms with van der Waals surface area (Å²) < 4.78 is 98.6. The predicted octanol–water partition coefficient (Wildman–Crippen LogP) is 20.7. The average molecular weight is 1790 g/mol. The Morgan fingerprint density at radius 2 is 0.635 bits per heavy atom. The Morgan fingerprint density at radius 1 is 0.349 bits per heavy atom. The van der Waals surface area contributed by atoms with Gasteiger partial charge in [0.2, 0.25) is 34.0 Å². The molecule has 5 atom stereocenters. The summed E-state index contributed by atoms with van der Waals surface area (Å²) in [6, 6.07) is 48.3. The number of carbonyl (C=O) groups excluding carboxylic acids is 5. The van der Waals surface area contributed by atoms with Crippen LogP contribution in [0.4, 0.5) is 10.1 Å². The highest BCUT2D eigenvalue weighted by Crippen LogP contribution is 2.52. The first-order chi connectivity index (χ1) is 61.2. The van der Waals surface area contributed by atoms with Gasteiger partial charge in [0.25, 0.3) is 0 Å². The number of halogens is 3. The van der Waals surface area contributed by atoms with Crippen molar-refractivity contribution in [2.75, 3.05) is 86.0 Å². The first-order valence-electron chi connectivity index (χ1n) is 43.1. The minimum absolute atomic E-state index is 0.0228. The van der Waals surface area contributed by atoms with E-state index in [2.05, 4.69) is 65.3 Å². The van der Waals surface area contributed by atoms with E-state index in [4.69, 9.17) is 82.7 Å². The molecular formula is C102H100BrClFNO20. The van der Waals surface area contributed by atoms with Gasteiger partial charge in [0.05, 0.1) is 33.0 Å². The fourth-order valence-electron chi connectivity index (χ4n) is 18.1. The van der Waals surface area contributed by atoms with Crippen molar-refractivity contribution in [3.05, 3.63) is 262 Å². The van der Waals surface area contributed by atoms with Crippen molar-refractivity contribution in [3.8, 4) is 86.2 Å². The molecule has 10 aliphatic rings. The van der Waals surface area contributed by atoms with Crippen LogP contribution in [0, 0.1) is 5.82 Å². The van der Waals surface area contributed by atoms with Crippen LogP contribution in [0.2, 0.25) is 5.02 Å². The Kier molecular flexibility index (Phi) is 27.1. The maximum absolute atomic E-state index is 13.6. The molecule has 0 saturated heterocycles. The van der Waals surface area contributed by atoms with Crippen molar-refractivity contribution in [2.24, 2.45) is 0 Å². The lowest BCUT2D eigenvalue weighted by atomic mass is 9.77. The third kappa shape index (κ3) is 19.3. The van der Waals surface area contributed by atoms with Crippen LogP contribution < -0.4 is 76.0 Å². The fraction of sp³-hybridized carbons (Fsp3) is 0.343. The molecule has 0 saturated carbocycles. The molecule has 24 heteroatoms. The minimum Gasteiger partial charge on any atom is -0.494 e. The Labute approximate surface area is 745 Å². The monoisotopic (exact) mass is 1790 g/mol. The van der Waals surface area contributed by atoms with E-state index in [0.29, 0.717) is 125 Å². The highest BCUT2D eigenvalue weighted by molar-refractivity contribution is 9.10. The summed E-state index contributed by atoms with van der Waals surface area (Å²) in [5.41, 5.74) is 17.7. The van der Waals surface area contributed by atoms with Gasteiger partial charge in [-0.1, -0.05) is 89.4 Å². The number of rotatable bonds is 19. The van der Waals surface area contributed by atoms with Crippen molar-refractivity contribution in [1.29, 1.82) is 0 Å². The second kappa shape index (κ2) is 39.1. The van der Waals surface area contributed by atoms with Crippen molar-refractivity contribution >= 4 is 68.2 Å². The van der Waals surface area contributed by atoms with Crippen molar-refractivity contribution in [3.63, 3.8) is 0 Å². The highest BCUT2D eigenvalue weighted by atomic mass is 79.9. The van der Waals surface area contributed by atoms with E-state index in [1.807, 2.05) is 157 Å². The number of allylic oxidation sites excluding steroid dienone is 1. The van der Waals surface area contributed by atoms with Gasteiger partial charge in [0.1, 0.15) is 63.5 Å². The van der Waals surface area contributed by atoms with Gasteiger partial charge in [0.15, 0.2) is 57.5 Å². The summed E-state index contributed by atoms with van der Waals surface area (Å²) in [6.07, 6.45) is 10.9. The Bertz CT molecular complexity index is 5540. The molecule has 0 spiro atoms. The van der Waals surface area contributed by atoms with Crippen molar-refractivity contribution in [1.82, 2.24) is 0 Å². The van der Waals surface area contributed by atoms with E-state index in [-0.39, 0.29) is 98.3 Å². The first kappa shape index (κ1) is 87.3. The van der Waals surface area contributed by atoms with Crippen LogP contribution in [0.3, 0.4) is 0 Å². The highest BCUT2D eigenvalue weighted by Gasteiger charge is 2.39. The SMILES string of the molecule is CCC/C=C/c1ccc(C2CC(=O)Cc3cc4c(cc32)OCO4)c(OCC)c1.CCOc1cc(Br)ccc1C1CC(=O)Cc2cc3c(cc21)OCO3.CCOc1cc(Cl)ccc1C1CC(=O)Cc2cc3c(cc21)OCO3.CCOc1cc(F)ccc1C1CC(=O)Cc2cc3c(cc21)OCO3.CCOc1cc(N(C)C)ccc1C1CC(=O)Cc2cc3c(cc21)OCO3. The molecule has 5 aliphatic carbocycles. The van der Waals surface area contributed by atoms with Crippen LogP contribution in [0.25, 0.3) is 6.08 Å². The lowest BCUT2D eigenvalue weighted by molar-refractivity contribution is -0.119. The van der Waals surface area contributed by atoms with Gasteiger partial charge in [-0.3, -0.25) is 24.0 Å². The molecule has 5 aliphatic heterocycles. The molecule has 126 heavy (non-hydrogen) atoms. The number of hydrogen-bond donors (Lipinski definition) is 0. The zero-order chi connectivity index (χ0) is 87.8. The molecule has 0 amide bonds. The minimum atomic E-state index is -0.352. The second-order valence-corrected chi connectivity index (χ2v) is 33.6. The standard InChI is InChI=1S/C24H26O4.C21H23NO4.C19H17BrO4.C19H17ClO4.C19H17FO4/c1-3-5-6-7-16-8-9-19(22(10-16)26-4-2)21-13-18(25)11-17-12-23-24(14-20(17)21)28-15-27-23;1-4-24-19-9-14(22(2)3)5-6-16(19)18-10-15(23)7-13-8-20-21(11-17(13)18)26-12-25-20;3*1-2-22-17-7-12(20)3-4-14(17)16-8-13(21)5-11-6-18-19(9-15(11)16)24-10-23-18/h6-10,12,14,21H,3-5,11,13,15H2,1-2H3;5-6,8-9,11,18H,4,7,10,12H2,1-3H3;3*3-4,6-7,9,16H,2,5,8,10H2,1H3/b7-6+;;;;. The van der Waals surface area contributed by atoms with Crippen LogP contribution in [0.15, 0.2) is 162 Å². The molecule has 0 N–H and O–H groups in total. The van der Waals surface area contributed by atoms with Gasteiger partial charge in [-0.2, -0.15) is 0 Å². The van der Waals surface area contributed by atoms with E-state index < -0.39 is 0 Å². The summed E-state index contributed by atoms with van der Waals surface area (Å²) in [7, 11) is 4.01. The molecule has 0 radical (unpaired) electrons. The molecule has 20 rings (SSSR count). The lowest BCUT2D eigenvalue weighted by Gasteiger charge is -2.28. The van der Waals surface area contributed by atoms with Gasteiger partial charge in [-0.05, 0) is 205 Å². The average Bonchev–Trinajstić information content (AvgIpc) is 1.52. The van der Waals surface area contributed by atoms with Crippen LogP contribution in [-0.2, 0) is 56.1 Å². The third-order valence-electron chi connectivity index (χ3n) is 23.8. The smallest absolute Gasteiger partial charge is 0.231 e.